The van der Waals surface area contributed by atoms with Crippen LogP contribution in [0.4, 0.5) is 0 Å². The molecule has 0 radical (unpaired) electrons. The highest BCUT2D eigenvalue weighted by molar-refractivity contribution is 6.30. The smallest absolute Gasteiger partial charge is 0.251 e. The van der Waals surface area contributed by atoms with Gasteiger partial charge in [-0.25, -0.2) is 0 Å². The molecule has 124 valence electrons. The van der Waals surface area contributed by atoms with Gasteiger partial charge in [-0.3, -0.25) is 9.59 Å². The number of carbonyl (C=O) groups is 2. The zero-order chi connectivity index (χ0) is 17.5. The van der Waals surface area contributed by atoms with Gasteiger partial charge >= 0.3 is 0 Å². The Morgan fingerprint density at radius 2 is 1.71 bits per heavy atom. The average molecular weight is 343 g/mol. The maximum atomic E-state index is 12.2. The maximum absolute atomic E-state index is 12.2. The number of likely N-dealkylation sites (N-methyl/N-ethyl adjacent to an activating group) is 1. The van der Waals surface area contributed by atoms with Gasteiger partial charge in [0.1, 0.15) is 0 Å². The lowest BCUT2D eigenvalue weighted by molar-refractivity contribution is -0.125. The summed E-state index contributed by atoms with van der Waals surface area (Å²) in [5.74, 6) is -0.225. The van der Waals surface area contributed by atoms with Crippen LogP contribution in [0.2, 0.25) is 5.02 Å². The topological polar surface area (TPSA) is 49.4 Å². The summed E-state index contributed by atoms with van der Waals surface area (Å²) in [6, 6.07) is 14.4. The van der Waals surface area contributed by atoms with Gasteiger partial charge in [-0.1, -0.05) is 35.9 Å². The number of hydrogen-bond acceptors (Lipinski definition) is 2. The van der Waals surface area contributed by atoms with Gasteiger partial charge < -0.3 is 10.2 Å². The van der Waals surface area contributed by atoms with Gasteiger partial charge in [0.15, 0.2) is 0 Å². The average Bonchev–Trinajstić information content (AvgIpc) is 2.60. The number of halogens is 1. The maximum Gasteiger partial charge on any atom is 0.251 e. The number of carbonyl (C=O) groups excluding carboxylic acids is 2. The molecule has 0 atom stereocenters. The molecule has 0 unspecified atom stereocenters. The number of hydrogen-bond donors (Lipinski definition) is 1. The van der Waals surface area contributed by atoms with Crippen molar-refractivity contribution >= 4 is 29.5 Å². The molecule has 0 saturated heterocycles. The Labute approximate surface area is 146 Å². The van der Waals surface area contributed by atoms with E-state index in [1.807, 2.05) is 24.3 Å². The molecule has 0 saturated carbocycles. The van der Waals surface area contributed by atoms with Crippen molar-refractivity contribution < 1.29 is 9.59 Å². The third kappa shape index (κ3) is 4.96. The van der Waals surface area contributed by atoms with E-state index in [9.17, 15) is 9.59 Å². The van der Waals surface area contributed by atoms with E-state index < -0.39 is 0 Å². The normalized spacial score (nSPS) is 10.6. The van der Waals surface area contributed by atoms with Crippen LogP contribution in [0, 0.1) is 0 Å². The molecular weight excluding hydrogens is 324 g/mol. The second-order valence-electron chi connectivity index (χ2n) is 5.36. The van der Waals surface area contributed by atoms with Crippen molar-refractivity contribution in [2.75, 3.05) is 14.1 Å². The van der Waals surface area contributed by atoms with Crippen LogP contribution in [-0.2, 0) is 11.3 Å². The largest absolute Gasteiger partial charge is 0.355 e. The molecule has 1 N–H and O–H groups in total. The highest BCUT2D eigenvalue weighted by Crippen LogP contribution is 2.11. The van der Waals surface area contributed by atoms with Crippen LogP contribution in [0.15, 0.2) is 54.6 Å². The molecule has 0 fully saturated rings. The molecule has 0 heterocycles. The standard InChI is InChI=1S/C19H19ClN2O2/c1-21-19(24)16-8-3-15(4-9-16)13-22(2)18(23)12-7-14-5-10-17(20)11-6-14/h3-12H,13H2,1-2H3,(H,21,24)/b12-7+. The molecule has 0 aliphatic carbocycles. The molecule has 2 aromatic carbocycles. The Bertz CT molecular complexity index is 737. The molecule has 2 rings (SSSR count). The zero-order valence-electron chi connectivity index (χ0n) is 13.6. The second-order valence-corrected chi connectivity index (χ2v) is 5.79. The minimum atomic E-state index is -0.128. The van der Waals surface area contributed by atoms with E-state index in [4.69, 9.17) is 11.6 Å². The second kappa shape index (κ2) is 8.31. The molecule has 0 aliphatic rings. The van der Waals surface area contributed by atoms with Gasteiger partial charge in [-0.05, 0) is 41.5 Å². The van der Waals surface area contributed by atoms with E-state index in [0.29, 0.717) is 17.1 Å². The molecule has 0 aliphatic heterocycles. The van der Waals surface area contributed by atoms with Gasteiger partial charge in [0.25, 0.3) is 5.91 Å². The quantitative estimate of drug-likeness (QED) is 0.847. The van der Waals surface area contributed by atoms with E-state index in [0.717, 1.165) is 11.1 Å². The summed E-state index contributed by atoms with van der Waals surface area (Å²) >= 11 is 5.83. The van der Waals surface area contributed by atoms with Crippen LogP contribution in [0.25, 0.3) is 6.08 Å². The third-order valence-electron chi connectivity index (χ3n) is 3.53. The number of benzene rings is 2. The van der Waals surface area contributed by atoms with Crippen LogP contribution in [0.1, 0.15) is 21.5 Å². The van der Waals surface area contributed by atoms with Crippen LogP contribution in [-0.4, -0.2) is 30.8 Å². The lowest BCUT2D eigenvalue weighted by atomic mass is 10.1. The van der Waals surface area contributed by atoms with E-state index in [1.165, 1.54) is 6.08 Å². The molecule has 2 aromatic rings. The lowest BCUT2D eigenvalue weighted by Crippen LogP contribution is -2.24. The number of amides is 2. The Kier molecular flexibility index (Phi) is 6.15. The molecule has 24 heavy (non-hydrogen) atoms. The number of nitrogens with zero attached hydrogens (tertiary/aromatic N) is 1. The first kappa shape index (κ1) is 17.8. The molecule has 5 heteroatoms. The Morgan fingerprint density at radius 1 is 1.08 bits per heavy atom. The Balaban J connectivity index is 1.95. The van der Waals surface area contributed by atoms with E-state index in [-0.39, 0.29) is 11.8 Å². The van der Waals surface area contributed by atoms with Gasteiger partial charge in [0.2, 0.25) is 5.91 Å². The molecule has 0 spiro atoms. The van der Waals surface area contributed by atoms with Crippen LogP contribution in [0.5, 0.6) is 0 Å². The molecule has 0 aromatic heterocycles. The van der Waals surface area contributed by atoms with Gasteiger partial charge in [-0.15, -0.1) is 0 Å². The predicted molar refractivity (Wildman–Crippen MR) is 96.8 cm³/mol. The van der Waals surface area contributed by atoms with Gasteiger partial charge in [0.05, 0.1) is 0 Å². The Morgan fingerprint density at radius 3 is 2.29 bits per heavy atom. The zero-order valence-corrected chi connectivity index (χ0v) is 14.4. The number of rotatable bonds is 5. The summed E-state index contributed by atoms with van der Waals surface area (Å²) in [7, 11) is 3.33. The van der Waals surface area contributed by atoms with Crippen molar-refractivity contribution in [2.24, 2.45) is 0 Å². The van der Waals surface area contributed by atoms with Crippen LogP contribution >= 0.6 is 11.6 Å². The Hall–Kier alpha value is -2.59. The SMILES string of the molecule is CNC(=O)c1ccc(CN(C)C(=O)/C=C/c2ccc(Cl)cc2)cc1. The lowest BCUT2D eigenvalue weighted by Gasteiger charge is -2.15. The van der Waals surface area contributed by atoms with Crippen molar-refractivity contribution in [3.8, 4) is 0 Å². The van der Waals surface area contributed by atoms with E-state index in [2.05, 4.69) is 5.32 Å². The van der Waals surface area contributed by atoms with E-state index in [1.54, 1.807) is 49.3 Å². The number of nitrogens with one attached hydrogen (secondary N) is 1. The molecule has 4 nitrogen and oxygen atoms in total. The summed E-state index contributed by atoms with van der Waals surface area (Å²) in [5.41, 5.74) is 2.47. The molecule has 2 amide bonds. The summed E-state index contributed by atoms with van der Waals surface area (Å²) in [6.07, 6.45) is 3.28. The first-order valence-electron chi connectivity index (χ1n) is 7.49. The van der Waals surface area contributed by atoms with E-state index >= 15 is 0 Å². The summed E-state index contributed by atoms with van der Waals surface area (Å²) in [5, 5.41) is 3.24. The van der Waals surface area contributed by atoms with Gasteiger partial charge in [-0.2, -0.15) is 0 Å². The van der Waals surface area contributed by atoms with Crippen molar-refractivity contribution in [3.63, 3.8) is 0 Å². The highest BCUT2D eigenvalue weighted by Gasteiger charge is 2.07. The van der Waals surface area contributed by atoms with Crippen molar-refractivity contribution in [1.82, 2.24) is 10.2 Å². The fourth-order valence-corrected chi connectivity index (χ4v) is 2.25. The first-order valence-corrected chi connectivity index (χ1v) is 7.87. The first-order chi connectivity index (χ1) is 11.5. The molecular formula is C19H19ClN2O2. The minimum absolute atomic E-state index is 0.0969. The monoisotopic (exact) mass is 342 g/mol. The van der Waals surface area contributed by atoms with Crippen molar-refractivity contribution in [3.05, 3.63) is 76.3 Å². The summed E-state index contributed by atoms with van der Waals surface area (Å²) in [6.45, 7) is 0.470. The van der Waals surface area contributed by atoms with Crippen molar-refractivity contribution in [2.45, 2.75) is 6.54 Å². The minimum Gasteiger partial charge on any atom is -0.355 e. The van der Waals surface area contributed by atoms with Crippen molar-refractivity contribution in [1.29, 1.82) is 0 Å². The summed E-state index contributed by atoms with van der Waals surface area (Å²) in [4.78, 5) is 25.3. The third-order valence-corrected chi connectivity index (χ3v) is 3.78. The fourth-order valence-electron chi connectivity index (χ4n) is 2.13. The predicted octanol–water partition coefficient (Wildman–Crippen LogP) is 3.37. The fraction of sp³-hybridized carbons (Fsp3) is 0.158. The highest BCUT2D eigenvalue weighted by atomic mass is 35.5. The summed E-state index contributed by atoms with van der Waals surface area (Å²) < 4.78 is 0. The van der Waals surface area contributed by atoms with Crippen LogP contribution < -0.4 is 5.32 Å². The van der Waals surface area contributed by atoms with Gasteiger partial charge in [0, 0.05) is 37.3 Å². The molecule has 0 bridgehead atoms. The van der Waals surface area contributed by atoms with Crippen LogP contribution in [0.3, 0.4) is 0 Å².